The van der Waals surface area contributed by atoms with Crippen molar-refractivity contribution in [2.75, 3.05) is 0 Å². The summed E-state index contributed by atoms with van der Waals surface area (Å²) in [6.45, 7) is 13.1. The summed E-state index contributed by atoms with van der Waals surface area (Å²) in [6.07, 6.45) is 3.78. The molecule has 17 heavy (non-hydrogen) atoms. The molecule has 0 radical (unpaired) electrons. The summed E-state index contributed by atoms with van der Waals surface area (Å²) in [7, 11) is 0. The third-order valence-corrected chi connectivity index (χ3v) is 2.91. The standard InChI is InChI=1S/C14H21N3/c1-13(2,3)11-10-7-8-17(14(4,5)6)12(10)16-9-15-11/h7-9H,1-6H3. The molecule has 0 aliphatic rings. The van der Waals surface area contributed by atoms with E-state index in [1.165, 1.54) is 0 Å². The van der Waals surface area contributed by atoms with Crippen LogP contribution in [-0.4, -0.2) is 14.5 Å². The van der Waals surface area contributed by atoms with Gasteiger partial charge >= 0.3 is 0 Å². The summed E-state index contributed by atoms with van der Waals surface area (Å²) >= 11 is 0. The Hall–Kier alpha value is -1.38. The zero-order chi connectivity index (χ0) is 12.8. The average Bonchev–Trinajstić information content (AvgIpc) is 2.57. The third kappa shape index (κ3) is 2.06. The van der Waals surface area contributed by atoms with Crippen molar-refractivity contribution in [2.24, 2.45) is 0 Å². The summed E-state index contributed by atoms with van der Waals surface area (Å²) in [4.78, 5) is 8.88. The molecule has 0 N–H and O–H groups in total. The van der Waals surface area contributed by atoms with Crippen LogP contribution in [0.2, 0.25) is 0 Å². The first-order chi connectivity index (χ1) is 7.71. The van der Waals surface area contributed by atoms with Crippen molar-refractivity contribution in [2.45, 2.75) is 52.5 Å². The van der Waals surface area contributed by atoms with E-state index in [1.807, 2.05) is 0 Å². The second-order valence-electron chi connectivity index (χ2n) is 6.57. The predicted octanol–water partition coefficient (Wildman–Crippen LogP) is 3.48. The molecule has 2 rings (SSSR count). The van der Waals surface area contributed by atoms with Gasteiger partial charge < -0.3 is 4.57 Å². The van der Waals surface area contributed by atoms with Crippen LogP contribution in [0, 0.1) is 0 Å². The van der Waals surface area contributed by atoms with E-state index in [9.17, 15) is 0 Å². The van der Waals surface area contributed by atoms with E-state index in [-0.39, 0.29) is 11.0 Å². The van der Waals surface area contributed by atoms with Gasteiger partial charge in [-0.05, 0) is 26.8 Å². The van der Waals surface area contributed by atoms with Gasteiger partial charge in [0.25, 0.3) is 0 Å². The molecule has 0 saturated carbocycles. The van der Waals surface area contributed by atoms with Gasteiger partial charge in [0.1, 0.15) is 12.0 Å². The van der Waals surface area contributed by atoms with E-state index in [1.54, 1.807) is 6.33 Å². The highest BCUT2D eigenvalue weighted by Crippen LogP contribution is 2.29. The Balaban J connectivity index is 2.74. The fourth-order valence-electron chi connectivity index (χ4n) is 2.09. The first kappa shape index (κ1) is 12.1. The Labute approximate surface area is 103 Å². The lowest BCUT2D eigenvalue weighted by atomic mass is 9.90. The quantitative estimate of drug-likeness (QED) is 0.695. The molecule has 2 heterocycles. The summed E-state index contributed by atoms with van der Waals surface area (Å²) in [5.41, 5.74) is 2.24. The number of fused-ring (bicyclic) bond motifs is 1. The van der Waals surface area contributed by atoms with Gasteiger partial charge in [0, 0.05) is 22.5 Å². The van der Waals surface area contributed by atoms with E-state index >= 15 is 0 Å². The number of hydrogen-bond donors (Lipinski definition) is 0. The maximum Gasteiger partial charge on any atom is 0.144 e. The zero-order valence-corrected chi connectivity index (χ0v) is 11.6. The minimum atomic E-state index is 0.0469. The summed E-state index contributed by atoms with van der Waals surface area (Å²) in [5, 5.41) is 1.16. The Kier molecular flexibility index (Phi) is 2.53. The van der Waals surface area contributed by atoms with Crippen LogP contribution in [0.1, 0.15) is 47.2 Å². The smallest absolute Gasteiger partial charge is 0.144 e. The molecule has 0 spiro atoms. The van der Waals surface area contributed by atoms with Gasteiger partial charge in [0.2, 0.25) is 0 Å². The van der Waals surface area contributed by atoms with Gasteiger partial charge in [-0.25, -0.2) is 9.97 Å². The number of aromatic nitrogens is 3. The van der Waals surface area contributed by atoms with E-state index in [4.69, 9.17) is 0 Å². The molecule has 0 unspecified atom stereocenters. The molecule has 0 saturated heterocycles. The molecule has 0 bridgehead atoms. The van der Waals surface area contributed by atoms with Crippen molar-refractivity contribution in [1.82, 2.24) is 14.5 Å². The topological polar surface area (TPSA) is 30.7 Å². The molecule has 0 fully saturated rings. The average molecular weight is 231 g/mol. The largest absolute Gasteiger partial charge is 0.327 e. The van der Waals surface area contributed by atoms with Gasteiger partial charge in [-0.2, -0.15) is 0 Å². The fraction of sp³-hybridized carbons (Fsp3) is 0.571. The molecule has 3 nitrogen and oxygen atoms in total. The number of nitrogens with zero attached hydrogens (tertiary/aromatic N) is 3. The zero-order valence-electron chi connectivity index (χ0n) is 11.6. The van der Waals surface area contributed by atoms with E-state index in [0.29, 0.717) is 0 Å². The maximum atomic E-state index is 4.45. The van der Waals surface area contributed by atoms with Crippen molar-refractivity contribution in [3.05, 3.63) is 24.3 Å². The SMILES string of the molecule is CC(C)(C)c1ncnc2c1ccn2C(C)(C)C. The van der Waals surface area contributed by atoms with Gasteiger partial charge in [-0.3, -0.25) is 0 Å². The normalized spacial score (nSPS) is 13.3. The maximum absolute atomic E-state index is 4.45. The highest BCUT2D eigenvalue weighted by molar-refractivity contribution is 5.79. The van der Waals surface area contributed by atoms with Crippen LogP contribution in [0.25, 0.3) is 11.0 Å². The van der Waals surface area contributed by atoms with E-state index < -0.39 is 0 Å². The lowest BCUT2D eigenvalue weighted by molar-refractivity contribution is 0.408. The lowest BCUT2D eigenvalue weighted by Crippen LogP contribution is -2.21. The Bertz CT molecular complexity index is 539. The van der Waals surface area contributed by atoms with Crippen molar-refractivity contribution in [3.63, 3.8) is 0 Å². The molecule has 2 aromatic rings. The van der Waals surface area contributed by atoms with Crippen molar-refractivity contribution >= 4 is 11.0 Å². The molecule has 0 aliphatic carbocycles. The summed E-state index contributed by atoms with van der Waals surface area (Å²) in [5.74, 6) is 0. The molecule has 0 atom stereocenters. The minimum Gasteiger partial charge on any atom is -0.327 e. The number of hydrogen-bond acceptors (Lipinski definition) is 2. The summed E-state index contributed by atoms with van der Waals surface area (Å²) < 4.78 is 2.21. The van der Waals surface area contributed by atoms with Gasteiger partial charge in [0.15, 0.2) is 0 Å². The monoisotopic (exact) mass is 231 g/mol. The molecule has 0 aromatic carbocycles. The Morgan fingerprint density at radius 2 is 1.65 bits per heavy atom. The second kappa shape index (κ2) is 3.56. The van der Waals surface area contributed by atoms with Gasteiger partial charge in [-0.1, -0.05) is 20.8 Å². The molecule has 0 amide bonds. The molecular weight excluding hydrogens is 210 g/mol. The van der Waals surface area contributed by atoms with Crippen LogP contribution in [0.4, 0.5) is 0 Å². The highest BCUT2D eigenvalue weighted by atomic mass is 15.1. The van der Waals surface area contributed by atoms with Gasteiger partial charge in [-0.15, -0.1) is 0 Å². The van der Waals surface area contributed by atoms with Crippen molar-refractivity contribution in [3.8, 4) is 0 Å². The van der Waals surface area contributed by atoms with Gasteiger partial charge in [0.05, 0.1) is 5.69 Å². The number of rotatable bonds is 0. The van der Waals surface area contributed by atoms with Crippen LogP contribution in [0.15, 0.2) is 18.6 Å². The minimum absolute atomic E-state index is 0.0469. The highest BCUT2D eigenvalue weighted by Gasteiger charge is 2.23. The predicted molar refractivity (Wildman–Crippen MR) is 71.2 cm³/mol. The second-order valence-corrected chi connectivity index (χ2v) is 6.57. The lowest BCUT2D eigenvalue weighted by Gasteiger charge is -2.23. The van der Waals surface area contributed by atoms with Crippen molar-refractivity contribution in [1.29, 1.82) is 0 Å². The first-order valence-corrected chi connectivity index (χ1v) is 6.04. The van der Waals surface area contributed by atoms with Crippen LogP contribution < -0.4 is 0 Å². The Morgan fingerprint density at radius 3 is 2.18 bits per heavy atom. The van der Waals surface area contributed by atoms with E-state index in [0.717, 1.165) is 16.7 Å². The Morgan fingerprint density at radius 1 is 1.00 bits per heavy atom. The van der Waals surface area contributed by atoms with Crippen LogP contribution in [0.5, 0.6) is 0 Å². The molecule has 3 heteroatoms. The van der Waals surface area contributed by atoms with Crippen LogP contribution in [0.3, 0.4) is 0 Å². The molecular formula is C14H21N3. The van der Waals surface area contributed by atoms with Crippen LogP contribution in [-0.2, 0) is 11.0 Å². The molecule has 2 aromatic heterocycles. The van der Waals surface area contributed by atoms with Crippen LogP contribution >= 0.6 is 0 Å². The molecule has 0 aliphatic heterocycles. The summed E-state index contributed by atoms with van der Waals surface area (Å²) in [6, 6.07) is 2.13. The molecule has 92 valence electrons. The first-order valence-electron chi connectivity index (χ1n) is 6.04. The van der Waals surface area contributed by atoms with Crippen molar-refractivity contribution < 1.29 is 0 Å². The fourth-order valence-corrected chi connectivity index (χ4v) is 2.09. The van der Waals surface area contributed by atoms with E-state index in [2.05, 4.69) is 68.3 Å². The third-order valence-electron chi connectivity index (χ3n) is 2.91.